The minimum Gasteiger partial charge on any atom is -0.394 e. The minimum atomic E-state index is -4.48. The van der Waals surface area contributed by atoms with E-state index in [1.54, 1.807) is 0 Å². The average molecular weight is 286 g/mol. The first-order valence-electron chi connectivity index (χ1n) is 6.47. The van der Waals surface area contributed by atoms with Crippen molar-refractivity contribution in [1.29, 1.82) is 0 Å². The van der Waals surface area contributed by atoms with Gasteiger partial charge in [-0.05, 0) is 37.8 Å². The molecule has 0 spiro atoms. The first-order valence-corrected chi connectivity index (χ1v) is 6.47. The summed E-state index contributed by atoms with van der Waals surface area (Å²) in [6.07, 6.45) is -1.03. The van der Waals surface area contributed by atoms with Crippen molar-refractivity contribution in [3.63, 3.8) is 0 Å². The molecule has 2 rings (SSSR count). The van der Waals surface area contributed by atoms with E-state index in [4.69, 9.17) is 0 Å². The van der Waals surface area contributed by atoms with Crippen LogP contribution in [0, 0.1) is 0 Å². The number of halogens is 3. The number of aliphatic hydroxyl groups is 1. The van der Waals surface area contributed by atoms with Crippen LogP contribution in [0.15, 0.2) is 23.2 Å². The van der Waals surface area contributed by atoms with Crippen LogP contribution in [0.1, 0.15) is 31.2 Å². The third-order valence-corrected chi connectivity index (χ3v) is 3.75. The summed E-state index contributed by atoms with van der Waals surface area (Å²) in [5, 5.41) is 12.6. The third-order valence-electron chi connectivity index (χ3n) is 3.75. The summed E-state index contributed by atoms with van der Waals surface area (Å²) in [6, 6.07) is 3.85. The van der Waals surface area contributed by atoms with Crippen molar-refractivity contribution in [3.05, 3.63) is 23.8 Å². The molecule has 2 N–H and O–H groups in total. The second kappa shape index (κ2) is 5.44. The van der Waals surface area contributed by atoms with E-state index in [2.05, 4.69) is 17.0 Å². The Kier molecular flexibility index (Phi) is 4.04. The topological polar surface area (TPSA) is 44.6 Å². The molecule has 1 aliphatic carbocycles. The highest BCUT2D eigenvalue weighted by Crippen LogP contribution is 2.39. The van der Waals surface area contributed by atoms with Crippen LogP contribution in [0.3, 0.4) is 0 Å². The zero-order chi connectivity index (χ0) is 14.8. The molecule has 1 saturated carbocycles. The molecule has 20 heavy (non-hydrogen) atoms. The van der Waals surface area contributed by atoms with Crippen molar-refractivity contribution in [2.24, 2.45) is 4.99 Å². The normalized spacial score (nSPS) is 18.0. The van der Waals surface area contributed by atoms with Crippen molar-refractivity contribution in [1.82, 2.24) is 0 Å². The van der Waals surface area contributed by atoms with Gasteiger partial charge in [-0.3, -0.25) is 4.99 Å². The Morgan fingerprint density at radius 1 is 1.30 bits per heavy atom. The quantitative estimate of drug-likeness (QED) is 0.828. The van der Waals surface area contributed by atoms with E-state index >= 15 is 0 Å². The molecule has 0 aromatic heterocycles. The Bertz CT molecular complexity index is 494. The molecule has 0 heterocycles. The van der Waals surface area contributed by atoms with Gasteiger partial charge in [0.25, 0.3) is 0 Å². The van der Waals surface area contributed by atoms with E-state index in [1.165, 1.54) is 12.1 Å². The molecule has 1 aromatic rings. The van der Waals surface area contributed by atoms with E-state index in [1.807, 2.05) is 0 Å². The molecule has 0 radical (unpaired) electrons. The number of hydrogen-bond donors (Lipinski definition) is 2. The SMILES string of the molecule is C=Nc1ccc(NC2(CO)CCCC2)cc1C(F)(F)F. The maximum Gasteiger partial charge on any atom is 0.418 e. The molecule has 0 atom stereocenters. The van der Waals surface area contributed by atoms with Crippen LogP contribution >= 0.6 is 0 Å². The van der Waals surface area contributed by atoms with Gasteiger partial charge in [0.1, 0.15) is 0 Å². The Morgan fingerprint density at radius 2 is 1.95 bits per heavy atom. The van der Waals surface area contributed by atoms with Crippen LogP contribution in [-0.2, 0) is 6.18 Å². The molecule has 3 nitrogen and oxygen atoms in total. The van der Waals surface area contributed by atoms with Crippen LogP contribution in [0.5, 0.6) is 0 Å². The van der Waals surface area contributed by atoms with Crippen LogP contribution in [0.4, 0.5) is 24.5 Å². The first-order chi connectivity index (χ1) is 9.40. The lowest BCUT2D eigenvalue weighted by molar-refractivity contribution is -0.137. The smallest absolute Gasteiger partial charge is 0.394 e. The summed E-state index contributed by atoms with van der Waals surface area (Å²) in [4.78, 5) is 3.40. The highest BCUT2D eigenvalue weighted by molar-refractivity contribution is 5.61. The molecule has 0 saturated heterocycles. The van der Waals surface area contributed by atoms with Crippen molar-refractivity contribution in [2.45, 2.75) is 37.4 Å². The standard InChI is InChI=1S/C14H17F3N2O/c1-18-12-5-4-10(8-11(12)14(15,16)17)19-13(9-20)6-2-3-7-13/h4-5,8,19-20H,1-3,6-7,9H2. The van der Waals surface area contributed by atoms with Gasteiger partial charge in [-0.2, -0.15) is 13.2 Å². The maximum atomic E-state index is 12.9. The molecule has 1 aromatic carbocycles. The molecule has 0 bridgehead atoms. The summed E-state index contributed by atoms with van der Waals surface area (Å²) in [6.45, 7) is 3.07. The van der Waals surface area contributed by atoms with E-state index in [0.29, 0.717) is 5.69 Å². The third kappa shape index (κ3) is 2.95. The minimum absolute atomic E-state index is 0.0875. The van der Waals surface area contributed by atoms with Crippen molar-refractivity contribution >= 4 is 18.1 Å². The van der Waals surface area contributed by atoms with E-state index in [-0.39, 0.29) is 12.3 Å². The highest BCUT2D eigenvalue weighted by atomic mass is 19.4. The zero-order valence-electron chi connectivity index (χ0n) is 11.0. The van der Waals surface area contributed by atoms with Gasteiger partial charge in [-0.25, -0.2) is 0 Å². The molecule has 1 aliphatic rings. The van der Waals surface area contributed by atoms with Gasteiger partial charge in [0.15, 0.2) is 0 Å². The first kappa shape index (κ1) is 14.8. The molecule has 110 valence electrons. The number of aliphatic imine (C=N–C) groups is 1. The fraction of sp³-hybridized carbons (Fsp3) is 0.500. The number of benzene rings is 1. The number of anilines is 1. The Labute approximate surface area is 115 Å². The number of hydrogen-bond acceptors (Lipinski definition) is 3. The largest absolute Gasteiger partial charge is 0.418 e. The van der Waals surface area contributed by atoms with Gasteiger partial charge in [0.2, 0.25) is 0 Å². The predicted octanol–water partition coefficient (Wildman–Crippen LogP) is 3.75. The van der Waals surface area contributed by atoms with Crippen molar-refractivity contribution < 1.29 is 18.3 Å². The molecule has 0 amide bonds. The average Bonchev–Trinajstić information content (AvgIpc) is 2.87. The summed E-state index contributed by atoms with van der Waals surface area (Å²) >= 11 is 0. The Balaban J connectivity index is 2.31. The van der Waals surface area contributed by atoms with Gasteiger partial charge < -0.3 is 10.4 Å². The Hall–Kier alpha value is -1.56. The number of nitrogens with one attached hydrogen (secondary N) is 1. The van der Waals surface area contributed by atoms with Crippen molar-refractivity contribution in [2.75, 3.05) is 11.9 Å². The summed E-state index contributed by atoms with van der Waals surface area (Å²) in [7, 11) is 0. The maximum absolute atomic E-state index is 12.9. The fourth-order valence-corrected chi connectivity index (χ4v) is 2.66. The predicted molar refractivity (Wildman–Crippen MR) is 72.6 cm³/mol. The summed E-state index contributed by atoms with van der Waals surface area (Å²) < 4.78 is 38.8. The van der Waals surface area contributed by atoms with E-state index in [9.17, 15) is 18.3 Å². The van der Waals surface area contributed by atoms with Crippen LogP contribution in [0.25, 0.3) is 0 Å². The number of aliphatic hydroxyl groups excluding tert-OH is 1. The van der Waals surface area contributed by atoms with Gasteiger partial charge in [0.05, 0.1) is 23.4 Å². The highest BCUT2D eigenvalue weighted by Gasteiger charge is 2.36. The number of nitrogens with zero attached hydrogens (tertiary/aromatic N) is 1. The summed E-state index contributed by atoms with van der Waals surface area (Å²) in [5.41, 5.74) is -1.16. The molecule has 0 unspecified atom stereocenters. The monoisotopic (exact) mass is 286 g/mol. The second-order valence-electron chi connectivity index (χ2n) is 5.16. The summed E-state index contributed by atoms with van der Waals surface area (Å²) in [5.74, 6) is 0. The van der Waals surface area contributed by atoms with Crippen LogP contribution in [-0.4, -0.2) is 24.0 Å². The lowest BCUT2D eigenvalue weighted by atomic mass is 9.98. The zero-order valence-corrected chi connectivity index (χ0v) is 11.0. The van der Waals surface area contributed by atoms with Crippen LogP contribution in [0.2, 0.25) is 0 Å². The lowest BCUT2D eigenvalue weighted by Crippen LogP contribution is -2.39. The molecule has 6 heteroatoms. The number of rotatable bonds is 4. The van der Waals surface area contributed by atoms with Gasteiger partial charge in [0, 0.05) is 5.69 Å². The van der Waals surface area contributed by atoms with Crippen LogP contribution < -0.4 is 5.32 Å². The molecular weight excluding hydrogens is 269 g/mol. The van der Waals surface area contributed by atoms with Gasteiger partial charge in [-0.15, -0.1) is 0 Å². The molecule has 1 fully saturated rings. The van der Waals surface area contributed by atoms with Gasteiger partial charge in [-0.1, -0.05) is 12.8 Å². The number of alkyl halides is 3. The Morgan fingerprint density at radius 3 is 2.45 bits per heavy atom. The van der Waals surface area contributed by atoms with Crippen molar-refractivity contribution in [3.8, 4) is 0 Å². The molecule has 0 aliphatic heterocycles. The molecular formula is C14H17F3N2O. The van der Waals surface area contributed by atoms with E-state index < -0.39 is 17.3 Å². The fourth-order valence-electron chi connectivity index (χ4n) is 2.66. The van der Waals surface area contributed by atoms with E-state index in [0.717, 1.165) is 31.7 Å². The second-order valence-corrected chi connectivity index (χ2v) is 5.16. The van der Waals surface area contributed by atoms with Gasteiger partial charge >= 0.3 is 6.18 Å². The lowest BCUT2D eigenvalue weighted by Gasteiger charge is -2.29.